The van der Waals surface area contributed by atoms with Crippen LogP contribution < -0.4 is 0 Å². The third kappa shape index (κ3) is 3.83. The van der Waals surface area contributed by atoms with E-state index < -0.39 is 5.60 Å². The Morgan fingerprint density at radius 1 is 0.892 bits per heavy atom. The van der Waals surface area contributed by atoms with Crippen molar-refractivity contribution in [2.24, 2.45) is 45.3 Å². The second kappa shape index (κ2) is 8.43. The molecule has 4 aliphatic carbocycles. The zero-order valence-corrected chi connectivity index (χ0v) is 25.0. The van der Waals surface area contributed by atoms with Gasteiger partial charge in [0.2, 0.25) is 0 Å². The number of esters is 1. The number of hydrogen-bond acceptors (Lipinski definition) is 5. The summed E-state index contributed by atoms with van der Waals surface area (Å²) in [4.78, 5) is 12.5. The van der Waals surface area contributed by atoms with Crippen molar-refractivity contribution in [1.82, 2.24) is 0 Å². The molecule has 11 atom stereocenters. The van der Waals surface area contributed by atoms with Crippen LogP contribution in [0, 0.1) is 45.3 Å². The zero-order chi connectivity index (χ0) is 27.4. The van der Waals surface area contributed by atoms with Gasteiger partial charge in [-0.05, 0) is 118 Å². The maximum atomic E-state index is 12.5. The maximum Gasteiger partial charge on any atom is 0.302 e. The zero-order valence-electron chi connectivity index (χ0n) is 25.0. The van der Waals surface area contributed by atoms with Crippen molar-refractivity contribution < 1.29 is 24.5 Å². The van der Waals surface area contributed by atoms with Gasteiger partial charge >= 0.3 is 5.97 Å². The lowest BCUT2D eigenvalue weighted by molar-refractivity contribution is -0.252. The number of carbonyl (C=O) groups excluding carboxylic acids is 1. The van der Waals surface area contributed by atoms with Gasteiger partial charge in [0.1, 0.15) is 6.10 Å². The van der Waals surface area contributed by atoms with Gasteiger partial charge in [0, 0.05) is 12.8 Å². The van der Waals surface area contributed by atoms with Crippen LogP contribution in [0.4, 0.5) is 0 Å². The highest BCUT2D eigenvalue weighted by Gasteiger charge is 2.72. The first-order valence-electron chi connectivity index (χ1n) is 15.2. The molecule has 212 valence electrons. The Hall–Kier alpha value is -0.650. The first-order chi connectivity index (χ1) is 16.9. The number of hydrogen-bond donors (Lipinski definition) is 2. The summed E-state index contributed by atoms with van der Waals surface area (Å²) in [5.41, 5.74) is -0.944. The average molecular weight is 519 g/mol. The monoisotopic (exact) mass is 518 g/mol. The molecule has 1 aliphatic heterocycles. The molecule has 37 heavy (non-hydrogen) atoms. The van der Waals surface area contributed by atoms with Gasteiger partial charge in [0.25, 0.3) is 0 Å². The summed E-state index contributed by atoms with van der Waals surface area (Å²) in [5, 5.41) is 21.7. The Kier molecular flexibility index (Phi) is 6.35. The molecule has 0 aromatic rings. The molecule has 5 nitrogen and oxygen atoms in total. The average Bonchev–Trinajstić information content (AvgIpc) is 3.35. The molecule has 0 radical (unpaired) electrons. The van der Waals surface area contributed by atoms with Crippen molar-refractivity contribution >= 4 is 5.97 Å². The minimum Gasteiger partial charge on any atom is -0.462 e. The van der Waals surface area contributed by atoms with E-state index in [1.165, 1.54) is 6.42 Å². The lowest BCUT2D eigenvalue weighted by Gasteiger charge is -2.70. The van der Waals surface area contributed by atoms with Gasteiger partial charge in [-0.3, -0.25) is 4.79 Å². The minimum absolute atomic E-state index is 0.0497. The summed E-state index contributed by atoms with van der Waals surface area (Å²) in [6.07, 6.45) is 8.67. The Morgan fingerprint density at radius 3 is 2.14 bits per heavy atom. The Bertz CT molecular complexity index is 923. The van der Waals surface area contributed by atoms with Gasteiger partial charge in [0.15, 0.2) is 0 Å². The summed E-state index contributed by atoms with van der Waals surface area (Å²) in [7, 11) is 0. The van der Waals surface area contributed by atoms with E-state index in [0.717, 1.165) is 51.4 Å². The van der Waals surface area contributed by atoms with Crippen LogP contribution in [-0.4, -0.2) is 45.7 Å². The summed E-state index contributed by atoms with van der Waals surface area (Å²) >= 11 is 0. The van der Waals surface area contributed by atoms with E-state index in [4.69, 9.17) is 9.47 Å². The molecule has 0 bridgehead atoms. The first-order valence-corrected chi connectivity index (χ1v) is 15.2. The quantitative estimate of drug-likeness (QED) is 0.430. The van der Waals surface area contributed by atoms with Gasteiger partial charge in [-0.15, -0.1) is 0 Å². The first kappa shape index (κ1) is 27.9. The summed E-state index contributed by atoms with van der Waals surface area (Å²) < 4.78 is 13.0. The van der Waals surface area contributed by atoms with Crippen molar-refractivity contribution in [3.05, 3.63) is 0 Å². The van der Waals surface area contributed by atoms with Crippen LogP contribution in [0.1, 0.15) is 120 Å². The number of fused-ring (bicyclic) bond motifs is 5. The van der Waals surface area contributed by atoms with Crippen LogP contribution in [0.15, 0.2) is 0 Å². The highest BCUT2D eigenvalue weighted by atomic mass is 16.5. The fourth-order valence-corrected chi connectivity index (χ4v) is 11.4. The lowest BCUT2D eigenvalue weighted by Crippen LogP contribution is -2.67. The third-order valence-corrected chi connectivity index (χ3v) is 13.5. The van der Waals surface area contributed by atoms with E-state index in [1.807, 2.05) is 13.8 Å². The molecule has 0 amide bonds. The third-order valence-electron chi connectivity index (χ3n) is 13.5. The van der Waals surface area contributed by atoms with Crippen molar-refractivity contribution in [3.63, 3.8) is 0 Å². The van der Waals surface area contributed by atoms with E-state index in [9.17, 15) is 15.0 Å². The molecule has 4 unspecified atom stereocenters. The largest absolute Gasteiger partial charge is 0.462 e. The Balaban J connectivity index is 1.54. The van der Waals surface area contributed by atoms with Gasteiger partial charge in [-0.2, -0.15) is 0 Å². The molecule has 1 heterocycles. The second-order valence-corrected chi connectivity index (χ2v) is 16.0. The fourth-order valence-electron chi connectivity index (χ4n) is 11.4. The summed E-state index contributed by atoms with van der Waals surface area (Å²) in [5.74, 6) is 1.31. The van der Waals surface area contributed by atoms with Crippen molar-refractivity contribution in [1.29, 1.82) is 0 Å². The van der Waals surface area contributed by atoms with Crippen LogP contribution in [-0.2, 0) is 14.3 Å². The van der Waals surface area contributed by atoms with Gasteiger partial charge in [-0.25, -0.2) is 0 Å². The molecule has 2 N–H and O–H groups in total. The van der Waals surface area contributed by atoms with E-state index in [1.54, 1.807) is 6.92 Å². The van der Waals surface area contributed by atoms with Gasteiger partial charge in [-0.1, -0.05) is 34.6 Å². The Labute approximate surface area is 225 Å². The van der Waals surface area contributed by atoms with E-state index in [0.29, 0.717) is 17.8 Å². The number of aliphatic hydroxyl groups excluding tert-OH is 1. The molecule has 5 aliphatic rings. The Morgan fingerprint density at radius 2 is 1.54 bits per heavy atom. The van der Waals surface area contributed by atoms with Gasteiger partial charge in [0.05, 0.1) is 23.4 Å². The summed E-state index contributed by atoms with van der Waals surface area (Å²) in [6.45, 7) is 19.7. The van der Waals surface area contributed by atoms with E-state index in [-0.39, 0.29) is 57.5 Å². The molecule has 0 aromatic heterocycles. The predicted molar refractivity (Wildman–Crippen MR) is 145 cm³/mol. The van der Waals surface area contributed by atoms with Crippen LogP contribution >= 0.6 is 0 Å². The van der Waals surface area contributed by atoms with Crippen LogP contribution in [0.2, 0.25) is 0 Å². The SMILES string of the molecule is CC(=O)O[C@@H]1CC2[C@@]3(C)CC[C@@H](O)C(C)(C)C3CC[C@@]2(C)[C@]2(C)CC[C@H](C3(C)CC[C@@H](C(C)(C)O)O3)C12. The predicted octanol–water partition coefficient (Wildman–Crippen LogP) is 6.28. The smallest absolute Gasteiger partial charge is 0.302 e. The topological polar surface area (TPSA) is 76.0 Å². The molecular formula is C32H54O5. The maximum absolute atomic E-state index is 12.5. The number of rotatable bonds is 3. The van der Waals surface area contributed by atoms with E-state index in [2.05, 4.69) is 41.5 Å². The molecule has 5 heteroatoms. The lowest BCUT2D eigenvalue weighted by atomic mass is 9.35. The van der Waals surface area contributed by atoms with Crippen LogP contribution in [0.25, 0.3) is 0 Å². The number of ether oxygens (including phenoxy) is 2. The standard InChI is InChI=1S/C32H54O5/c1-19(33)36-21-18-23-29(6)14-12-24(34)27(2,3)22(29)11-16-30(23,7)31(8)15-10-20(26(21)31)32(9)17-13-25(37-32)28(4,5)35/h20-26,34-35H,10-18H2,1-9H3/t20-,21+,22?,23?,24+,25-,26?,29-,30+,31+,32?/m0/s1. The minimum atomic E-state index is -0.857. The molecule has 4 saturated carbocycles. The fraction of sp³-hybridized carbons (Fsp3) is 0.969. The molecule has 0 spiro atoms. The molecule has 1 saturated heterocycles. The summed E-state index contributed by atoms with van der Waals surface area (Å²) in [6, 6.07) is 0. The highest BCUT2D eigenvalue weighted by molar-refractivity contribution is 5.66. The second-order valence-electron chi connectivity index (χ2n) is 16.0. The normalized spacial score (nSPS) is 53.2. The van der Waals surface area contributed by atoms with Crippen LogP contribution in [0.3, 0.4) is 0 Å². The number of carbonyl (C=O) groups is 1. The molecule has 5 rings (SSSR count). The molecule has 5 fully saturated rings. The van der Waals surface area contributed by atoms with Crippen molar-refractivity contribution in [2.75, 3.05) is 0 Å². The van der Waals surface area contributed by atoms with E-state index >= 15 is 0 Å². The highest BCUT2D eigenvalue weighted by Crippen LogP contribution is 2.76. The van der Waals surface area contributed by atoms with Crippen LogP contribution in [0.5, 0.6) is 0 Å². The van der Waals surface area contributed by atoms with Crippen molar-refractivity contribution in [3.8, 4) is 0 Å². The van der Waals surface area contributed by atoms with Gasteiger partial charge < -0.3 is 19.7 Å². The van der Waals surface area contributed by atoms with Crippen molar-refractivity contribution in [2.45, 2.75) is 150 Å². The number of aliphatic hydroxyl groups is 2. The molecular weight excluding hydrogens is 464 g/mol. The molecule has 0 aromatic carbocycles.